The van der Waals surface area contributed by atoms with Crippen molar-refractivity contribution < 1.29 is 5.11 Å². The molecule has 0 saturated heterocycles. The second kappa shape index (κ2) is 5.28. The highest BCUT2D eigenvalue weighted by Gasteiger charge is 2.22. The van der Waals surface area contributed by atoms with Gasteiger partial charge in [0.25, 0.3) is 0 Å². The van der Waals surface area contributed by atoms with E-state index in [4.69, 9.17) is 0 Å². The number of H-pyrrole nitrogens is 1. The predicted molar refractivity (Wildman–Crippen MR) is 58.3 cm³/mol. The third kappa shape index (κ3) is 3.04. The van der Waals surface area contributed by atoms with Gasteiger partial charge in [-0.3, -0.25) is 0 Å². The molecule has 1 saturated carbocycles. The minimum absolute atomic E-state index is 0.185. The van der Waals surface area contributed by atoms with Gasteiger partial charge in [-0.05, 0) is 18.8 Å². The van der Waals surface area contributed by atoms with Crippen LogP contribution in [0.4, 0.5) is 0 Å². The lowest BCUT2D eigenvalue weighted by atomic mass is 10.0. The van der Waals surface area contributed by atoms with Crippen molar-refractivity contribution in [2.45, 2.75) is 38.3 Å². The summed E-state index contributed by atoms with van der Waals surface area (Å²) in [5.41, 5.74) is 1.06. The first kappa shape index (κ1) is 10.6. The Balaban J connectivity index is 1.64. The highest BCUT2D eigenvalue weighted by molar-refractivity contribution is 4.93. The first-order valence-corrected chi connectivity index (χ1v) is 5.72. The summed E-state index contributed by atoms with van der Waals surface area (Å²) in [6, 6.07) is 0. The third-order valence-corrected chi connectivity index (χ3v) is 3.17. The molecular weight excluding hydrogens is 190 g/mol. The number of rotatable bonds is 5. The molecule has 0 radical (unpaired) electrons. The van der Waals surface area contributed by atoms with Crippen molar-refractivity contribution >= 4 is 0 Å². The predicted octanol–water partition coefficient (Wildman–Crippen LogP) is 1.05. The van der Waals surface area contributed by atoms with Gasteiger partial charge in [-0.1, -0.05) is 12.8 Å². The van der Waals surface area contributed by atoms with Crippen molar-refractivity contribution in [3.05, 3.63) is 18.2 Å². The Kier molecular flexibility index (Phi) is 3.75. The third-order valence-electron chi connectivity index (χ3n) is 3.17. The molecule has 4 heteroatoms. The van der Waals surface area contributed by atoms with E-state index >= 15 is 0 Å². The van der Waals surface area contributed by atoms with Crippen molar-refractivity contribution in [3.63, 3.8) is 0 Å². The summed E-state index contributed by atoms with van der Waals surface area (Å²) in [5.74, 6) is 0.513. The molecule has 0 amide bonds. The Bertz CT molecular complexity index is 267. The lowest BCUT2D eigenvalue weighted by Gasteiger charge is -2.17. The van der Waals surface area contributed by atoms with Gasteiger partial charge in [-0.15, -0.1) is 0 Å². The summed E-state index contributed by atoms with van der Waals surface area (Å²) in [4.78, 5) is 6.96. The van der Waals surface area contributed by atoms with Crippen LogP contribution in [0.2, 0.25) is 0 Å². The van der Waals surface area contributed by atoms with Crippen LogP contribution in [0.5, 0.6) is 0 Å². The number of nitrogens with zero attached hydrogens (tertiary/aromatic N) is 1. The number of hydrogen-bond acceptors (Lipinski definition) is 3. The van der Waals surface area contributed by atoms with Gasteiger partial charge in [-0.25, -0.2) is 4.98 Å². The van der Waals surface area contributed by atoms with Gasteiger partial charge < -0.3 is 15.4 Å². The van der Waals surface area contributed by atoms with Crippen LogP contribution in [0.1, 0.15) is 31.4 Å². The summed E-state index contributed by atoms with van der Waals surface area (Å²) >= 11 is 0. The maximum absolute atomic E-state index is 9.89. The first-order chi connectivity index (χ1) is 7.36. The van der Waals surface area contributed by atoms with E-state index in [0.717, 1.165) is 12.2 Å². The second-order valence-electron chi connectivity index (χ2n) is 4.32. The monoisotopic (exact) mass is 209 g/mol. The molecule has 1 aliphatic rings. The van der Waals surface area contributed by atoms with Gasteiger partial charge in [0.1, 0.15) is 0 Å². The van der Waals surface area contributed by atoms with E-state index in [9.17, 15) is 5.11 Å². The molecular formula is C11H19N3O. The quantitative estimate of drug-likeness (QED) is 0.679. The molecule has 4 nitrogen and oxygen atoms in total. The number of aliphatic hydroxyl groups is 1. The Morgan fingerprint density at radius 2 is 2.33 bits per heavy atom. The average Bonchev–Trinajstić information content (AvgIpc) is 2.90. The largest absolute Gasteiger partial charge is 0.392 e. The second-order valence-corrected chi connectivity index (χ2v) is 4.32. The topological polar surface area (TPSA) is 60.9 Å². The minimum Gasteiger partial charge on any atom is -0.392 e. The zero-order valence-electron chi connectivity index (χ0n) is 8.95. The van der Waals surface area contributed by atoms with Gasteiger partial charge in [0.15, 0.2) is 0 Å². The van der Waals surface area contributed by atoms with Crippen LogP contribution < -0.4 is 5.32 Å². The molecule has 84 valence electrons. The molecule has 1 aromatic rings. The number of aliphatic hydroxyl groups excluding tert-OH is 1. The van der Waals surface area contributed by atoms with Crippen molar-refractivity contribution in [1.29, 1.82) is 0 Å². The first-order valence-electron chi connectivity index (χ1n) is 5.72. The summed E-state index contributed by atoms with van der Waals surface area (Å²) in [5, 5.41) is 13.1. The fourth-order valence-electron chi connectivity index (χ4n) is 2.24. The molecule has 0 aliphatic heterocycles. The summed E-state index contributed by atoms with van der Waals surface area (Å²) in [7, 11) is 0. The molecule has 1 aromatic heterocycles. The van der Waals surface area contributed by atoms with E-state index < -0.39 is 0 Å². The van der Waals surface area contributed by atoms with E-state index in [1.165, 1.54) is 25.7 Å². The van der Waals surface area contributed by atoms with E-state index in [2.05, 4.69) is 15.3 Å². The standard InChI is InChI=1S/C11H19N3O/c15-11(9-3-1-2-4-9)7-12-5-10-6-13-8-14-10/h6,8-9,11-12,15H,1-5,7H2,(H,13,14). The lowest BCUT2D eigenvalue weighted by molar-refractivity contribution is 0.109. The number of aromatic nitrogens is 2. The lowest BCUT2D eigenvalue weighted by Crippen LogP contribution is -2.31. The number of aromatic amines is 1. The van der Waals surface area contributed by atoms with Crippen LogP contribution in [0.25, 0.3) is 0 Å². The van der Waals surface area contributed by atoms with Gasteiger partial charge in [0.05, 0.1) is 12.4 Å². The van der Waals surface area contributed by atoms with Crippen molar-refractivity contribution in [3.8, 4) is 0 Å². The molecule has 0 bridgehead atoms. The smallest absolute Gasteiger partial charge is 0.0922 e. The number of nitrogens with one attached hydrogen (secondary N) is 2. The van der Waals surface area contributed by atoms with Crippen molar-refractivity contribution in [2.24, 2.45) is 5.92 Å². The average molecular weight is 209 g/mol. The van der Waals surface area contributed by atoms with Crippen molar-refractivity contribution in [1.82, 2.24) is 15.3 Å². The van der Waals surface area contributed by atoms with Crippen LogP contribution in [0, 0.1) is 5.92 Å². The maximum Gasteiger partial charge on any atom is 0.0922 e. The normalized spacial score (nSPS) is 19.5. The van der Waals surface area contributed by atoms with Gasteiger partial charge in [0, 0.05) is 25.0 Å². The fraction of sp³-hybridized carbons (Fsp3) is 0.727. The molecule has 1 heterocycles. The summed E-state index contributed by atoms with van der Waals surface area (Å²) < 4.78 is 0. The minimum atomic E-state index is -0.185. The number of imidazole rings is 1. The van der Waals surface area contributed by atoms with Crippen LogP contribution in [-0.2, 0) is 6.54 Å². The Morgan fingerprint density at radius 1 is 1.53 bits per heavy atom. The van der Waals surface area contributed by atoms with E-state index in [-0.39, 0.29) is 6.10 Å². The summed E-state index contributed by atoms with van der Waals surface area (Å²) in [6.07, 6.45) is 8.22. The summed E-state index contributed by atoms with van der Waals surface area (Å²) in [6.45, 7) is 1.44. The molecule has 0 aromatic carbocycles. The van der Waals surface area contributed by atoms with Gasteiger partial charge in [0.2, 0.25) is 0 Å². The highest BCUT2D eigenvalue weighted by atomic mass is 16.3. The SMILES string of the molecule is OC(CNCc1cnc[nH]1)C1CCCC1. The molecule has 2 rings (SSSR count). The molecule has 1 fully saturated rings. The van der Waals surface area contributed by atoms with E-state index in [0.29, 0.717) is 12.5 Å². The zero-order chi connectivity index (χ0) is 10.5. The molecule has 1 aliphatic carbocycles. The van der Waals surface area contributed by atoms with Gasteiger partial charge >= 0.3 is 0 Å². The molecule has 15 heavy (non-hydrogen) atoms. The fourth-order valence-corrected chi connectivity index (χ4v) is 2.24. The zero-order valence-corrected chi connectivity index (χ0v) is 8.95. The Labute approximate surface area is 90.1 Å². The Hall–Kier alpha value is -0.870. The van der Waals surface area contributed by atoms with Crippen molar-refractivity contribution in [2.75, 3.05) is 6.54 Å². The Morgan fingerprint density at radius 3 is 3.00 bits per heavy atom. The number of hydrogen-bond donors (Lipinski definition) is 3. The van der Waals surface area contributed by atoms with E-state index in [1.807, 2.05) is 0 Å². The highest BCUT2D eigenvalue weighted by Crippen LogP contribution is 2.27. The molecule has 3 N–H and O–H groups in total. The molecule has 0 spiro atoms. The van der Waals surface area contributed by atoms with Crippen LogP contribution >= 0.6 is 0 Å². The van der Waals surface area contributed by atoms with Crippen LogP contribution in [-0.4, -0.2) is 27.7 Å². The van der Waals surface area contributed by atoms with Crippen LogP contribution in [0.3, 0.4) is 0 Å². The van der Waals surface area contributed by atoms with Gasteiger partial charge in [-0.2, -0.15) is 0 Å². The maximum atomic E-state index is 9.89. The molecule has 1 unspecified atom stereocenters. The molecule has 1 atom stereocenters. The van der Waals surface area contributed by atoms with E-state index in [1.54, 1.807) is 12.5 Å². The van der Waals surface area contributed by atoms with Crippen LogP contribution in [0.15, 0.2) is 12.5 Å².